The van der Waals surface area contributed by atoms with Crippen molar-refractivity contribution in [1.29, 1.82) is 0 Å². The number of ether oxygens (including phenoxy) is 1. The average Bonchev–Trinajstić information content (AvgIpc) is 3.19. The zero-order valence-electron chi connectivity index (χ0n) is 21.2. The summed E-state index contributed by atoms with van der Waals surface area (Å²) in [5, 5.41) is 8.21. The van der Waals surface area contributed by atoms with E-state index >= 15 is 4.39 Å². The van der Waals surface area contributed by atoms with Gasteiger partial charge in [0.25, 0.3) is 0 Å². The smallest absolute Gasteiger partial charge is 0.167 e. The summed E-state index contributed by atoms with van der Waals surface area (Å²) >= 11 is 12.5. The van der Waals surface area contributed by atoms with E-state index in [2.05, 4.69) is 27.1 Å². The van der Waals surface area contributed by atoms with Crippen molar-refractivity contribution in [3.63, 3.8) is 0 Å². The van der Waals surface area contributed by atoms with Gasteiger partial charge in [-0.25, -0.2) is 13.8 Å². The van der Waals surface area contributed by atoms with Crippen molar-refractivity contribution in [3.05, 3.63) is 64.0 Å². The maximum absolute atomic E-state index is 15.2. The van der Waals surface area contributed by atoms with E-state index in [-0.39, 0.29) is 17.0 Å². The summed E-state index contributed by atoms with van der Waals surface area (Å²) in [6.07, 6.45) is 4.35. The molecule has 0 spiro atoms. The van der Waals surface area contributed by atoms with Crippen LogP contribution in [-0.2, 0) is 4.57 Å². The Morgan fingerprint density at radius 2 is 1.82 bits per heavy atom. The molecule has 1 N–H and O–H groups in total. The fraction of sp³-hybridized carbons (Fsp3) is 0.346. The van der Waals surface area contributed by atoms with E-state index < -0.39 is 24.9 Å². The number of hydrogen-bond donors (Lipinski definition) is 1. The van der Waals surface area contributed by atoms with Gasteiger partial charge in [0.05, 0.1) is 22.7 Å². The van der Waals surface area contributed by atoms with Crippen LogP contribution < -0.4 is 9.64 Å². The minimum atomic E-state index is -2.19. The van der Waals surface area contributed by atoms with Crippen LogP contribution in [0.1, 0.15) is 25.5 Å². The Bertz CT molecular complexity index is 1570. The van der Waals surface area contributed by atoms with E-state index in [1.54, 1.807) is 20.3 Å². The Hall–Kier alpha value is -2.74. The molecule has 1 fully saturated rings. The first-order valence-electron chi connectivity index (χ1n) is 11.9. The van der Waals surface area contributed by atoms with Crippen LogP contribution in [0.15, 0.2) is 36.8 Å². The lowest BCUT2D eigenvalue weighted by molar-refractivity contribution is 0.217. The number of pyridine rings is 2. The first-order chi connectivity index (χ1) is 17.8. The van der Waals surface area contributed by atoms with Crippen molar-refractivity contribution in [2.45, 2.75) is 20.0 Å². The molecule has 4 heterocycles. The molecular formula is C26H26Cl2F2N5O2P. The molecule has 1 aromatic carbocycles. The monoisotopic (exact) mass is 579 g/mol. The van der Waals surface area contributed by atoms with Crippen LogP contribution in [0.4, 0.5) is 14.6 Å². The minimum Gasteiger partial charge on any atom is -0.483 e. The summed E-state index contributed by atoms with van der Waals surface area (Å²) < 4.78 is 48.2. The molecule has 4 aromatic rings. The number of benzene rings is 1. The molecule has 1 atom stereocenters. The zero-order chi connectivity index (χ0) is 27.4. The highest BCUT2D eigenvalue weighted by atomic mass is 35.5. The highest BCUT2D eigenvalue weighted by Gasteiger charge is 2.42. The number of aromatic amines is 1. The maximum atomic E-state index is 15.2. The number of fused-ring (bicyclic) bond motifs is 1. The van der Waals surface area contributed by atoms with Gasteiger partial charge in [-0.05, 0) is 32.4 Å². The number of aromatic nitrogens is 4. The third kappa shape index (κ3) is 5.24. The fourth-order valence-electron chi connectivity index (χ4n) is 5.22. The third-order valence-electron chi connectivity index (χ3n) is 6.52. The molecule has 1 saturated heterocycles. The van der Waals surface area contributed by atoms with Crippen LogP contribution in [0, 0.1) is 17.0 Å². The summed E-state index contributed by atoms with van der Waals surface area (Å²) in [4.78, 5) is 10.1. The van der Waals surface area contributed by atoms with Crippen molar-refractivity contribution in [2.24, 2.45) is 5.41 Å². The lowest BCUT2D eigenvalue weighted by Crippen LogP contribution is -2.57. The number of halogens is 4. The quantitative estimate of drug-likeness (QED) is 0.233. The Labute approximate surface area is 228 Å². The van der Waals surface area contributed by atoms with Crippen molar-refractivity contribution in [1.82, 2.24) is 20.2 Å². The van der Waals surface area contributed by atoms with Gasteiger partial charge in [-0.15, -0.1) is 0 Å². The van der Waals surface area contributed by atoms with Crippen LogP contribution in [0.5, 0.6) is 5.75 Å². The molecule has 7 nitrogen and oxygen atoms in total. The minimum absolute atomic E-state index is 0.0364. The molecule has 12 heteroatoms. The standard InChI is InChI=1S/C26H26Cl2F2N5O2P/c1-14(23-17(27)9-31-10-18(23)28)37-22-6-16-21(7-19(22)29)33-34-24(16)15-5-20(30)25(32-8-15)35-11-26(2,12-35)13-38(3,4)36/h5-10,14H,11-13H2,1-4H3,(H,33,34)/t14-/m1/s1. The molecule has 200 valence electrons. The lowest BCUT2D eigenvalue weighted by Gasteiger charge is -2.49. The van der Waals surface area contributed by atoms with Crippen LogP contribution in [-0.4, -0.2) is 52.7 Å². The summed E-state index contributed by atoms with van der Waals surface area (Å²) in [6.45, 7) is 8.46. The summed E-state index contributed by atoms with van der Waals surface area (Å²) in [5.41, 5.74) is 1.61. The highest BCUT2D eigenvalue weighted by Crippen LogP contribution is 2.47. The predicted octanol–water partition coefficient (Wildman–Crippen LogP) is 7.19. The molecule has 0 radical (unpaired) electrons. The number of nitrogens with one attached hydrogen (secondary N) is 1. The van der Waals surface area contributed by atoms with Crippen LogP contribution in [0.25, 0.3) is 22.2 Å². The summed E-state index contributed by atoms with van der Waals surface area (Å²) in [5.74, 6) is -0.898. The highest BCUT2D eigenvalue weighted by molar-refractivity contribution is 7.62. The third-order valence-corrected chi connectivity index (χ3v) is 8.65. The SMILES string of the molecule is C[C@@H](Oc1cc2c(-c3cnc(N4CC(C)(CP(C)(C)=O)C4)c(F)c3)n[nH]c2cc1F)c1c(Cl)cncc1Cl. The van der Waals surface area contributed by atoms with Gasteiger partial charge in [-0.2, -0.15) is 5.10 Å². The Balaban J connectivity index is 1.41. The molecule has 5 rings (SSSR count). The molecule has 1 aliphatic rings. The molecule has 1 aliphatic heterocycles. The Morgan fingerprint density at radius 3 is 2.45 bits per heavy atom. The normalized spacial score (nSPS) is 15.9. The van der Waals surface area contributed by atoms with Crippen molar-refractivity contribution < 1.29 is 18.1 Å². The van der Waals surface area contributed by atoms with E-state index in [1.165, 1.54) is 36.8 Å². The second-order valence-electron chi connectivity index (χ2n) is 10.6. The van der Waals surface area contributed by atoms with Gasteiger partial charge in [-0.1, -0.05) is 30.1 Å². The summed E-state index contributed by atoms with van der Waals surface area (Å²) in [7, 11) is -2.19. The second kappa shape index (κ2) is 9.78. The number of H-pyrrole nitrogens is 1. The Kier molecular flexibility index (Phi) is 6.91. The first kappa shape index (κ1) is 26.9. The van der Waals surface area contributed by atoms with Gasteiger partial charge >= 0.3 is 0 Å². The molecule has 0 saturated carbocycles. The van der Waals surface area contributed by atoms with E-state index in [4.69, 9.17) is 27.9 Å². The average molecular weight is 580 g/mol. The van der Waals surface area contributed by atoms with E-state index in [1.807, 2.05) is 4.90 Å². The molecule has 0 bridgehead atoms. The van der Waals surface area contributed by atoms with Crippen LogP contribution in [0.2, 0.25) is 10.0 Å². The maximum Gasteiger partial charge on any atom is 0.167 e. The van der Waals surface area contributed by atoms with Crippen molar-refractivity contribution in [2.75, 3.05) is 37.5 Å². The molecular weight excluding hydrogens is 554 g/mol. The van der Waals surface area contributed by atoms with E-state index in [9.17, 15) is 8.96 Å². The molecule has 3 aromatic heterocycles. The van der Waals surface area contributed by atoms with Crippen LogP contribution >= 0.6 is 30.3 Å². The molecule has 38 heavy (non-hydrogen) atoms. The van der Waals surface area contributed by atoms with Crippen molar-refractivity contribution >= 4 is 47.1 Å². The largest absolute Gasteiger partial charge is 0.483 e. The number of nitrogens with zero attached hydrogens (tertiary/aromatic N) is 4. The van der Waals surface area contributed by atoms with Gasteiger partial charge in [0.2, 0.25) is 0 Å². The Morgan fingerprint density at radius 1 is 1.13 bits per heavy atom. The molecule has 0 aliphatic carbocycles. The molecule has 0 amide bonds. The zero-order valence-corrected chi connectivity index (χ0v) is 23.6. The van der Waals surface area contributed by atoms with Crippen molar-refractivity contribution in [3.8, 4) is 17.0 Å². The van der Waals surface area contributed by atoms with Gasteiger partial charge in [0.1, 0.15) is 11.8 Å². The first-order valence-corrected chi connectivity index (χ1v) is 15.5. The lowest BCUT2D eigenvalue weighted by atomic mass is 9.84. The fourth-order valence-corrected chi connectivity index (χ4v) is 7.94. The second-order valence-corrected chi connectivity index (χ2v) is 14.9. The van der Waals surface area contributed by atoms with Gasteiger partial charge in [0.15, 0.2) is 23.2 Å². The summed E-state index contributed by atoms with van der Waals surface area (Å²) in [6, 6.07) is 4.13. The van der Waals surface area contributed by atoms with E-state index in [0.29, 0.717) is 57.0 Å². The van der Waals surface area contributed by atoms with Gasteiger partial charge in [0, 0.05) is 65.8 Å². The number of anilines is 1. The predicted molar refractivity (Wildman–Crippen MR) is 147 cm³/mol. The topological polar surface area (TPSA) is 84.0 Å². The van der Waals surface area contributed by atoms with Gasteiger partial charge < -0.3 is 14.2 Å². The van der Waals surface area contributed by atoms with Gasteiger partial charge in [-0.3, -0.25) is 10.1 Å². The number of hydrogen-bond acceptors (Lipinski definition) is 6. The van der Waals surface area contributed by atoms with E-state index in [0.717, 1.165) is 0 Å². The number of rotatable bonds is 7. The molecule has 0 unspecified atom stereocenters. The van der Waals surface area contributed by atoms with Crippen LogP contribution in [0.3, 0.4) is 0 Å².